The Hall–Kier alpha value is -1.50. The number of rotatable bonds is 4. The van der Waals surface area contributed by atoms with E-state index in [9.17, 15) is 0 Å². The molecule has 23 heavy (non-hydrogen) atoms. The summed E-state index contributed by atoms with van der Waals surface area (Å²) in [5, 5.41) is 1.14. The van der Waals surface area contributed by atoms with Crippen LogP contribution in [0, 0.1) is 0 Å². The number of pyridine rings is 1. The van der Waals surface area contributed by atoms with Gasteiger partial charge in [0.25, 0.3) is 0 Å². The van der Waals surface area contributed by atoms with Crippen LogP contribution < -0.4 is 4.90 Å². The standard InChI is InChI=1S/C17H22N4OS/c1-2-6-18-15(4-1)16-5-3-7-21(16)13-14-12-19-17(23-14)20-8-10-22-11-9-20/h1-2,4,6,12,16H,3,5,7-11,13H2. The normalized spacial score (nSPS) is 22.6. The Balaban J connectivity index is 1.44. The second kappa shape index (κ2) is 6.95. The number of ether oxygens (including phenoxy) is 1. The van der Waals surface area contributed by atoms with Gasteiger partial charge in [0.05, 0.1) is 24.9 Å². The molecule has 2 fully saturated rings. The maximum Gasteiger partial charge on any atom is 0.185 e. The molecule has 2 saturated heterocycles. The highest BCUT2D eigenvalue weighted by Gasteiger charge is 2.27. The average Bonchev–Trinajstić information content (AvgIpc) is 3.26. The molecule has 0 spiro atoms. The molecule has 2 aliphatic heterocycles. The van der Waals surface area contributed by atoms with E-state index in [-0.39, 0.29) is 0 Å². The van der Waals surface area contributed by atoms with Gasteiger partial charge in [-0.2, -0.15) is 0 Å². The van der Waals surface area contributed by atoms with Crippen LogP contribution in [0.25, 0.3) is 0 Å². The second-order valence-electron chi connectivity index (χ2n) is 6.09. The molecule has 0 radical (unpaired) electrons. The summed E-state index contributed by atoms with van der Waals surface area (Å²) in [4.78, 5) is 15.4. The number of nitrogens with zero attached hydrogens (tertiary/aromatic N) is 4. The third-order valence-corrected chi connectivity index (χ3v) is 5.62. The van der Waals surface area contributed by atoms with Gasteiger partial charge in [-0.05, 0) is 31.5 Å². The van der Waals surface area contributed by atoms with Crippen LogP contribution in [0.15, 0.2) is 30.6 Å². The van der Waals surface area contributed by atoms with Crippen molar-refractivity contribution in [2.45, 2.75) is 25.4 Å². The van der Waals surface area contributed by atoms with Gasteiger partial charge in [-0.3, -0.25) is 9.88 Å². The first-order valence-electron chi connectivity index (χ1n) is 8.32. The smallest absolute Gasteiger partial charge is 0.185 e. The maximum absolute atomic E-state index is 5.42. The number of hydrogen-bond acceptors (Lipinski definition) is 6. The number of morpholine rings is 1. The van der Waals surface area contributed by atoms with Crippen molar-refractivity contribution in [2.24, 2.45) is 0 Å². The Bertz CT molecular complexity index is 627. The first-order chi connectivity index (χ1) is 11.4. The van der Waals surface area contributed by atoms with Crippen LogP contribution in [-0.4, -0.2) is 47.7 Å². The number of aromatic nitrogens is 2. The van der Waals surface area contributed by atoms with Gasteiger partial charge in [0, 0.05) is 36.9 Å². The van der Waals surface area contributed by atoms with Crippen LogP contribution in [0.5, 0.6) is 0 Å². The van der Waals surface area contributed by atoms with Crippen LogP contribution in [0.1, 0.15) is 29.5 Å². The van der Waals surface area contributed by atoms with Crippen molar-refractivity contribution in [3.05, 3.63) is 41.2 Å². The SMILES string of the molecule is c1ccc(C2CCCN2Cc2cnc(N3CCOCC3)s2)nc1. The van der Waals surface area contributed by atoms with Crippen LogP contribution in [0.2, 0.25) is 0 Å². The molecule has 2 aliphatic rings. The van der Waals surface area contributed by atoms with E-state index in [0.717, 1.165) is 44.5 Å². The second-order valence-corrected chi connectivity index (χ2v) is 7.19. The van der Waals surface area contributed by atoms with Gasteiger partial charge in [-0.15, -0.1) is 11.3 Å². The molecular weight excluding hydrogens is 308 g/mol. The highest BCUT2D eigenvalue weighted by molar-refractivity contribution is 7.15. The Kier molecular flexibility index (Phi) is 4.55. The molecule has 0 aliphatic carbocycles. The van der Waals surface area contributed by atoms with E-state index in [1.165, 1.54) is 23.4 Å². The van der Waals surface area contributed by atoms with Crippen molar-refractivity contribution in [3.8, 4) is 0 Å². The summed E-state index contributed by atoms with van der Waals surface area (Å²) in [6, 6.07) is 6.67. The molecule has 4 rings (SSSR count). The molecule has 2 aromatic heterocycles. The summed E-state index contributed by atoms with van der Waals surface area (Å²) in [6.07, 6.45) is 6.39. The molecule has 6 heteroatoms. The fourth-order valence-electron chi connectivity index (χ4n) is 3.39. The zero-order chi connectivity index (χ0) is 15.5. The minimum atomic E-state index is 0.449. The van der Waals surface area contributed by atoms with Crippen LogP contribution in [0.3, 0.4) is 0 Å². The van der Waals surface area contributed by atoms with Gasteiger partial charge >= 0.3 is 0 Å². The van der Waals surface area contributed by atoms with E-state index < -0.39 is 0 Å². The lowest BCUT2D eigenvalue weighted by atomic mass is 10.1. The van der Waals surface area contributed by atoms with E-state index in [4.69, 9.17) is 4.74 Å². The average molecular weight is 330 g/mol. The number of hydrogen-bond donors (Lipinski definition) is 0. The van der Waals surface area contributed by atoms with Gasteiger partial charge in [0.1, 0.15) is 0 Å². The zero-order valence-corrected chi connectivity index (χ0v) is 14.0. The van der Waals surface area contributed by atoms with E-state index in [2.05, 4.69) is 31.9 Å². The van der Waals surface area contributed by atoms with Crippen molar-refractivity contribution >= 4 is 16.5 Å². The van der Waals surface area contributed by atoms with Crippen LogP contribution >= 0.6 is 11.3 Å². The molecule has 2 aromatic rings. The van der Waals surface area contributed by atoms with Crippen molar-refractivity contribution < 1.29 is 4.74 Å². The number of thiazole rings is 1. The third kappa shape index (κ3) is 3.39. The largest absolute Gasteiger partial charge is 0.378 e. The maximum atomic E-state index is 5.42. The van der Waals surface area contributed by atoms with Crippen molar-refractivity contribution in [3.63, 3.8) is 0 Å². The zero-order valence-electron chi connectivity index (χ0n) is 13.2. The highest BCUT2D eigenvalue weighted by Crippen LogP contribution is 2.33. The molecule has 0 aromatic carbocycles. The highest BCUT2D eigenvalue weighted by atomic mass is 32.1. The number of anilines is 1. The lowest BCUT2D eigenvalue weighted by Crippen LogP contribution is -2.36. The van der Waals surface area contributed by atoms with Crippen molar-refractivity contribution in [2.75, 3.05) is 37.7 Å². The minimum absolute atomic E-state index is 0.449. The van der Waals surface area contributed by atoms with E-state index in [1.807, 2.05) is 29.8 Å². The predicted octanol–water partition coefficient (Wildman–Crippen LogP) is 2.71. The van der Waals surface area contributed by atoms with Gasteiger partial charge in [0.15, 0.2) is 5.13 Å². The van der Waals surface area contributed by atoms with Crippen molar-refractivity contribution in [1.82, 2.24) is 14.9 Å². The fourth-order valence-corrected chi connectivity index (χ4v) is 4.38. The molecule has 0 amide bonds. The molecule has 122 valence electrons. The van der Waals surface area contributed by atoms with Gasteiger partial charge < -0.3 is 9.64 Å². The quantitative estimate of drug-likeness (QED) is 0.862. The molecule has 5 nitrogen and oxygen atoms in total. The molecular formula is C17H22N4OS. The lowest BCUT2D eigenvalue weighted by molar-refractivity contribution is 0.122. The van der Waals surface area contributed by atoms with E-state index in [1.54, 1.807) is 0 Å². The van der Waals surface area contributed by atoms with Crippen molar-refractivity contribution in [1.29, 1.82) is 0 Å². The molecule has 4 heterocycles. The third-order valence-electron chi connectivity index (χ3n) is 4.57. The Morgan fingerprint density at radius 3 is 2.91 bits per heavy atom. The number of likely N-dealkylation sites (tertiary alicyclic amines) is 1. The summed E-state index contributed by atoms with van der Waals surface area (Å²) in [7, 11) is 0. The first-order valence-corrected chi connectivity index (χ1v) is 9.14. The Morgan fingerprint density at radius 1 is 1.17 bits per heavy atom. The molecule has 0 N–H and O–H groups in total. The molecule has 1 unspecified atom stereocenters. The summed E-state index contributed by atoms with van der Waals surface area (Å²) in [5.74, 6) is 0. The molecule has 0 bridgehead atoms. The molecule has 1 atom stereocenters. The molecule has 0 saturated carbocycles. The monoisotopic (exact) mass is 330 g/mol. The Labute approximate surface area is 140 Å². The van der Waals surface area contributed by atoms with Gasteiger partial charge in [-0.1, -0.05) is 6.07 Å². The van der Waals surface area contributed by atoms with E-state index >= 15 is 0 Å². The Morgan fingerprint density at radius 2 is 2.09 bits per heavy atom. The van der Waals surface area contributed by atoms with Crippen LogP contribution in [-0.2, 0) is 11.3 Å². The van der Waals surface area contributed by atoms with Gasteiger partial charge in [0.2, 0.25) is 0 Å². The minimum Gasteiger partial charge on any atom is -0.378 e. The van der Waals surface area contributed by atoms with E-state index in [0.29, 0.717) is 6.04 Å². The fraction of sp³-hybridized carbons (Fsp3) is 0.529. The first kappa shape index (κ1) is 15.1. The predicted molar refractivity (Wildman–Crippen MR) is 91.8 cm³/mol. The summed E-state index contributed by atoms with van der Waals surface area (Å²) in [5.41, 5.74) is 1.20. The summed E-state index contributed by atoms with van der Waals surface area (Å²) < 4.78 is 5.42. The summed E-state index contributed by atoms with van der Waals surface area (Å²) in [6.45, 7) is 5.64. The summed E-state index contributed by atoms with van der Waals surface area (Å²) >= 11 is 1.82. The van der Waals surface area contributed by atoms with Gasteiger partial charge in [-0.25, -0.2) is 4.98 Å². The topological polar surface area (TPSA) is 41.5 Å². The van der Waals surface area contributed by atoms with Crippen LogP contribution in [0.4, 0.5) is 5.13 Å². The lowest BCUT2D eigenvalue weighted by Gasteiger charge is -2.26.